The van der Waals surface area contributed by atoms with Crippen molar-refractivity contribution in [1.82, 2.24) is 0 Å². The van der Waals surface area contributed by atoms with Crippen molar-refractivity contribution in [2.75, 3.05) is 0 Å². The number of hydrogen-bond donors (Lipinski definition) is 2. The van der Waals surface area contributed by atoms with Crippen LogP contribution in [0, 0.1) is 39.5 Å². The molecular weight excluding hydrogens is 585 g/mol. The number of aliphatic hydroxyl groups is 2. The van der Waals surface area contributed by atoms with Crippen LogP contribution in [0.4, 0.5) is 0 Å². The number of rotatable bonds is 6. The van der Waals surface area contributed by atoms with Gasteiger partial charge in [0, 0.05) is 23.7 Å². The normalized spacial score (nSPS) is 19.9. The van der Waals surface area contributed by atoms with Crippen molar-refractivity contribution in [2.45, 2.75) is 50.7 Å². The molecule has 3 aliphatic carbocycles. The van der Waals surface area contributed by atoms with Gasteiger partial charge in [0.25, 0.3) is 0 Å². The maximum absolute atomic E-state index is 13.9. The zero-order valence-electron chi connectivity index (χ0n) is 28.1. The van der Waals surface area contributed by atoms with Crippen molar-refractivity contribution in [2.24, 2.45) is 11.8 Å². The van der Waals surface area contributed by atoms with Crippen LogP contribution in [0.5, 0.6) is 0 Å². The van der Waals surface area contributed by atoms with Gasteiger partial charge in [0.15, 0.2) is 0 Å². The molecule has 6 aromatic carbocycles. The highest BCUT2D eigenvalue weighted by Gasteiger charge is 2.64. The van der Waals surface area contributed by atoms with Crippen LogP contribution in [0.3, 0.4) is 0 Å². The number of aryl methyl sites for hydroxylation is 4. The molecule has 0 radical (unpaired) electrons. The third-order valence-electron chi connectivity index (χ3n) is 11.4. The van der Waals surface area contributed by atoms with E-state index in [9.17, 15) is 10.2 Å². The van der Waals surface area contributed by atoms with Gasteiger partial charge in [-0.2, -0.15) is 0 Å². The summed E-state index contributed by atoms with van der Waals surface area (Å²) in [5.41, 5.74) is 9.94. The number of benzene rings is 6. The minimum absolute atomic E-state index is 0.178. The lowest BCUT2D eigenvalue weighted by atomic mass is 9.45. The third kappa shape index (κ3) is 4.54. The molecule has 9 rings (SSSR count). The van der Waals surface area contributed by atoms with Crippen LogP contribution < -0.4 is 0 Å². The third-order valence-corrected chi connectivity index (χ3v) is 11.4. The lowest BCUT2D eigenvalue weighted by molar-refractivity contribution is -0.105. The second-order valence-electron chi connectivity index (χ2n) is 14.3. The average molecular weight is 627 g/mol. The smallest absolute Gasteiger partial charge is 0.119 e. The standard InChI is InChI=1S/C46H42O2/c1-29-13-21-33(22-14-29)45(47,34-23-15-30(2)16-24-34)43-41-37-9-5-7-11-39(37)42(40-12-8-6-10-38(40)41)44(43)46(48,35-25-17-31(3)18-26-35)36-27-19-32(4)20-28-36/h5-28,41-44,47-48H,1-4H3/t41?,42?,43-,44-/m1/s1. The van der Waals surface area contributed by atoms with Gasteiger partial charge < -0.3 is 10.2 Å². The SMILES string of the molecule is Cc1ccc(C(O)(c2ccc(C)cc2)[C@@H]2C3c4ccccc4C(c4ccccc43)[C@H]2C(O)(c2ccc(C)cc2)c2ccc(C)cc2)cc1. The zero-order valence-corrected chi connectivity index (χ0v) is 28.1. The van der Waals surface area contributed by atoms with Gasteiger partial charge in [-0.25, -0.2) is 0 Å². The van der Waals surface area contributed by atoms with Crippen LogP contribution >= 0.6 is 0 Å². The van der Waals surface area contributed by atoms with Crippen molar-refractivity contribution in [1.29, 1.82) is 0 Å². The second-order valence-corrected chi connectivity index (χ2v) is 14.3. The highest BCUT2D eigenvalue weighted by Crippen LogP contribution is 2.67. The predicted octanol–water partition coefficient (Wildman–Crippen LogP) is 9.62. The second kappa shape index (κ2) is 11.4. The van der Waals surface area contributed by atoms with Crippen LogP contribution in [-0.2, 0) is 11.2 Å². The van der Waals surface area contributed by atoms with Gasteiger partial charge in [-0.1, -0.05) is 168 Å². The summed E-state index contributed by atoms with van der Waals surface area (Å²) < 4.78 is 0. The fourth-order valence-corrected chi connectivity index (χ4v) is 9.01. The lowest BCUT2D eigenvalue weighted by Crippen LogP contribution is -2.58. The van der Waals surface area contributed by atoms with Crippen LogP contribution in [0.25, 0.3) is 0 Å². The highest BCUT2D eigenvalue weighted by atomic mass is 16.3. The number of fused-ring (bicyclic) bond motifs is 1. The van der Waals surface area contributed by atoms with Crippen molar-refractivity contribution in [3.63, 3.8) is 0 Å². The van der Waals surface area contributed by atoms with Gasteiger partial charge in [-0.3, -0.25) is 0 Å². The molecular formula is C46H42O2. The van der Waals surface area contributed by atoms with Crippen LogP contribution in [0.1, 0.15) is 78.6 Å². The topological polar surface area (TPSA) is 40.5 Å². The minimum Gasteiger partial charge on any atom is -0.380 e. The Morgan fingerprint density at radius 2 is 0.542 bits per heavy atom. The van der Waals surface area contributed by atoms with E-state index < -0.39 is 23.0 Å². The Morgan fingerprint density at radius 1 is 0.333 bits per heavy atom. The Balaban J connectivity index is 1.52. The Labute approximate surface area is 284 Å². The highest BCUT2D eigenvalue weighted by molar-refractivity contribution is 5.61. The summed E-state index contributed by atoms with van der Waals surface area (Å²) in [6.07, 6.45) is 0. The maximum Gasteiger partial charge on any atom is 0.119 e. The van der Waals surface area contributed by atoms with E-state index in [1.54, 1.807) is 0 Å². The van der Waals surface area contributed by atoms with Gasteiger partial charge in [-0.05, 0) is 72.2 Å². The predicted molar refractivity (Wildman–Crippen MR) is 194 cm³/mol. The summed E-state index contributed by atoms with van der Waals surface area (Å²) in [6.45, 7) is 8.33. The summed E-state index contributed by atoms with van der Waals surface area (Å²) in [4.78, 5) is 0. The molecule has 0 aliphatic heterocycles. The zero-order chi connectivity index (χ0) is 33.2. The van der Waals surface area contributed by atoms with Gasteiger partial charge in [0.05, 0.1) is 0 Å². The van der Waals surface area contributed by atoms with Crippen LogP contribution in [0.2, 0.25) is 0 Å². The molecule has 0 fully saturated rings. The average Bonchev–Trinajstić information content (AvgIpc) is 3.12. The van der Waals surface area contributed by atoms with Crippen molar-refractivity contribution < 1.29 is 10.2 Å². The van der Waals surface area contributed by atoms with Crippen molar-refractivity contribution >= 4 is 0 Å². The first-order valence-corrected chi connectivity index (χ1v) is 17.1. The molecule has 0 spiro atoms. The van der Waals surface area contributed by atoms with E-state index in [2.05, 4.69) is 173 Å². The quantitative estimate of drug-likeness (QED) is 0.193. The molecule has 0 unspecified atom stereocenters. The molecule has 0 saturated carbocycles. The van der Waals surface area contributed by atoms with Gasteiger partial charge >= 0.3 is 0 Å². The molecule has 0 aromatic heterocycles. The van der Waals surface area contributed by atoms with Gasteiger partial charge in [0.2, 0.25) is 0 Å². The minimum atomic E-state index is -1.45. The van der Waals surface area contributed by atoms with Crippen molar-refractivity contribution in [3.8, 4) is 0 Å². The van der Waals surface area contributed by atoms with Crippen LogP contribution in [0.15, 0.2) is 146 Å². The van der Waals surface area contributed by atoms with Crippen LogP contribution in [-0.4, -0.2) is 10.2 Å². The van der Waals surface area contributed by atoms with Crippen molar-refractivity contribution in [3.05, 3.63) is 212 Å². The molecule has 0 saturated heterocycles. The summed E-state index contributed by atoms with van der Waals surface area (Å²) in [6, 6.07) is 50.9. The molecule has 6 aromatic rings. The molecule has 2 bridgehead atoms. The van der Waals surface area contributed by atoms with E-state index >= 15 is 0 Å². The monoisotopic (exact) mass is 626 g/mol. The largest absolute Gasteiger partial charge is 0.380 e. The van der Waals surface area contributed by atoms with E-state index in [4.69, 9.17) is 0 Å². The van der Waals surface area contributed by atoms with E-state index in [0.29, 0.717) is 0 Å². The molecule has 2 heteroatoms. The molecule has 0 amide bonds. The first-order chi connectivity index (χ1) is 23.2. The maximum atomic E-state index is 13.9. The Bertz CT molecular complexity index is 1800. The summed E-state index contributed by atoms with van der Waals surface area (Å²) >= 11 is 0. The molecule has 0 heterocycles. The molecule has 3 aliphatic rings. The molecule has 238 valence electrons. The molecule has 2 atom stereocenters. The number of hydrogen-bond acceptors (Lipinski definition) is 2. The van der Waals surface area contributed by atoms with E-state index in [0.717, 1.165) is 44.5 Å². The first-order valence-electron chi connectivity index (χ1n) is 17.1. The summed E-state index contributed by atoms with van der Waals surface area (Å²) in [5.74, 6) is -1.24. The van der Waals surface area contributed by atoms with Gasteiger partial charge in [-0.15, -0.1) is 0 Å². The molecule has 48 heavy (non-hydrogen) atoms. The lowest BCUT2D eigenvalue weighted by Gasteiger charge is -2.60. The first kappa shape index (κ1) is 30.6. The molecule has 2 nitrogen and oxygen atoms in total. The van der Waals surface area contributed by atoms with E-state index in [1.807, 2.05) is 0 Å². The molecule has 2 N–H and O–H groups in total. The Hall–Kier alpha value is -4.76. The fraction of sp³-hybridized carbons (Fsp3) is 0.217. The Kier molecular flexibility index (Phi) is 7.29. The van der Waals surface area contributed by atoms with E-state index in [1.165, 1.54) is 22.3 Å². The Morgan fingerprint density at radius 3 is 0.750 bits per heavy atom. The van der Waals surface area contributed by atoms with E-state index in [-0.39, 0.29) is 11.8 Å². The summed E-state index contributed by atoms with van der Waals surface area (Å²) in [5, 5.41) is 27.9. The van der Waals surface area contributed by atoms with Gasteiger partial charge in [0.1, 0.15) is 11.2 Å². The fourth-order valence-electron chi connectivity index (χ4n) is 9.01. The summed E-state index contributed by atoms with van der Waals surface area (Å²) in [7, 11) is 0.